The molecular formula is C26H38N4O2. The molecule has 32 heavy (non-hydrogen) atoms. The lowest BCUT2D eigenvalue weighted by Gasteiger charge is -2.37. The molecule has 1 N–H and O–H groups in total. The number of carbonyl (C=O) groups excluding carboxylic acids is 1. The summed E-state index contributed by atoms with van der Waals surface area (Å²) in [6.45, 7) is 8.70. The molecule has 3 heterocycles. The number of benzene rings is 1. The van der Waals surface area contributed by atoms with E-state index in [0.717, 1.165) is 89.4 Å². The standard InChI is InChI=1S/C26H38N4O2/c1-2-3-9-25-18-24(28-32-25)16-23-19-27-11-10-22(23)17-26(31)30-14-12-29(13-15-30)20-21-7-5-4-6-8-21/h4-8,18,22-23,27H,2-3,9-17,19-20H2,1H3/t22-,23-/m0/s1. The molecule has 0 bridgehead atoms. The van der Waals surface area contributed by atoms with Gasteiger partial charge in [0, 0.05) is 51.6 Å². The van der Waals surface area contributed by atoms with Gasteiger partial charge in [-0.15, -0.1) is 0 Å². The number of aromatic nitrogens is 1. The number of amides is 1. The minimum atomic E-state index is 0.324. The Morgan fingerprint density at radius 3 is 2.75 bits per heavy atom. The first-order valence-electron chi connectivity index (χ1n) is 12.4. The van der Waals surface area contributed by atoms with Crippen molar-refractivity contribution in [2.45, 2.75) is 52.0 Å². The Balaban J connectivity index is 1.25. The van der Waals surface area contributed by atoms with E-state index in [-0.39, 0.29) is 0 Å². The molecule has 2 aliphatic rings. The van der Waals surface area contributed by atoms with Crippen molar-refractivity contribution in [3.63, 3.8) is 0 Å². The summed E-state index contributed by atoms with van der Waals surface area (Å²) in [4.78, 5) is 17.6. The Labute approximate surface area is 192 Å². The third kappa shape index (κ3) is 6.42. The van der Waals surface area contributed by atoms with Crippen molar-refractivity contribution in [1.82, 2.24) is 20.3 Å². The van der Waals surface area contributed by atoms with E-state index in [2.05, 4.69) is 63.6 Å². The number of nitrogens with one attached hydrogen (secondary N) is 1. The smallest absolute Gasteiger partial charge is 0.222 e. The van der Waals surface area contributed by atoms with Crippen LogP contribution < -0.4 is 5.32 Å². The molecule has 1 amide bonds. The maximum atomic E-state index is 13.1. The van der Waals surface area contributed by atoms with E-state index in [0.29, 0.717) is 24.2 Å². The van der Waals surface area contributed by atoms with Crippen LogP contribution >= 0.6 is 0 Å². The molecule has 0 radical (unpaired) electrons. The number of carbonyl (C=O) groups is 1. The highest BCUT2D eigenvalue weighted by atomic mass is 16.5. The maximum absolute atomic E-state index is 13.1. The molecule has 0 unspecified atom stereocenters. The van der Waals surface area contributed by atoms with Crippen molar-refractivity contribution in [2.24, 2.45) is 11.8 Å². The van der Waals surface area contributed by atoms with E-state index in [9.17, 15) is 4.79 Å². The average Bonchev–Trinajstić information content (AvgIpc) is 3.27. The van der Waals surface area contributed by atoms with Crippen LogP contribution in [0.2, 0.25) is 0 Å². The fourth-order valence-corrected chi connectivity index (χ4v) is 5.02. The summed E-state index contributed by atoms with van der Waals surface area (Å²) in [6, 6.07) is 12.7. The van der Waals surface area contributed by atoms with Gasteiger partial charge in [0.25, 0.3) is 0 Å². The normalized spacial score (nSPS) is 22.2. The number of rotatable bonds is 9. The van der Waals surface area contributed by atoms with E-state index < -0.39 is 0 Å². The number of hydrogen-bond acceptors (Lipinski definition) is 5. The quantitative estimate of drug-likeness (QED) is 0.649. The Morgan fingerprint density at radius 1 is 1.16 bits per heavy atom. The Kier molecular flexibility index (Phi) is 8.35. The molecular weight excluding hydrogens is 400 g/mol. The molecule has 2 saturated heterocycles. The van der Waals surface area contributed by atoms with Crippen molar-refractivity contribution >= 4 is 5.91 Å². The lowest BCUT2D eigenvalue weighted by molar-refractivity contribution is -0.134. The third-order valence-corrected chi connectivity index (χ3v) is 7.03. The van der Waals surface area contributed by atoms with Crippen LogP contribution in [-0.2, 0) is 24.2 Å². The molecule has 1 aromatic heterocycles. The maximum Gasteiger partial charge on any atom is 0.222 e. The van der Waals surface area contributed by atoms with Gasteiger partial charge in [-0.25, -0.2) is 0 Å². The molecule has 4 rings (SSSR count). The second kappa shape index (κ2) is 11.6. The molecule has 6 nitrogen and oxygen atoms in total. The largest absolute Gasteiger partial charge is 0.361 e. The van der Waals surface area contributed by atoms with E-state index in [1.807, 2.05) is 0 Å². The van der Waals surface area contributed by atoms with Crippen LogP contribution in [0, 0.1) is 11.8 Å². The van der Waals surface area contributed by atoms with Crippen LogP contribution in [0.1, 0.15) is 49.6 Å². The molecule has 0 saturated carbocycles. The fourth-order valence-electron chi connectivity index (χ4n) is 5.02. The van der Waals surface area contributed by atoms with Crippen molar-refractivity contribution < 1.29 is 9.32 Å². The van der Waals surface area contributed by atoms with Crippen LogP contribution in [-0.4, -0.2) is 60.1 Å². The van der Waals surface area contributed by atoms with Gasteiger partial charge in [-0.3, -0.25) is 9.69 Å². The first-order chi connectivity index (χ1) is 15.7. The molecule has 1 aromatic carbocycles. The van der Waals surface area contributed by atoms with Crippen LogP contribution in [0.25, 0.3) is 0 Å². The molecule has 2 aromatic rings. The summed E-state index contributed by atoms with van der Waals surface area (Å²) in [7, 11) is 0. The topological polar surface area (TPSA) is 61.6 Å². The number of nitrogens with zero attached hydrogens (tertiary/aromatic N) is 3. The van der Waals surface area contributed by atoms with Crippen LogP contribution in [0.4, 0.5) is 0 Å². The summed E-state index contributed by atoms with van der Waals surface area (Å²) in [5, 5.41) is 7.82. The second-order valence-electron chi connectivity index (χ2n) is 9.45. The Bertz CT molecular complexity index is 829. The number of aryl methyl sites for hydroxylation is 1. The number of piperazine rings is 1. The van der Waals surface area contributed by atoms with Gasteiger partial charge in [0.2, 0.25) is 5.91 Å². The average molecular weight is 439 g/mol. The highest BCUT2D eigenvalue weighted by Gasteiger charge is 2.30. The highest BCUT2D eigenvalue weighted by Crippen LogP contribution is 2.27. The van der Waals surface area contributed by atoms with Gasteiger partial charge >= 0.3 is 0 Å². The lowest BCUT2D eigenvalue weighted by atomic mass is 9.81. The van der Waals surface area contributed by atoms with Gasteiger partial charge in [0.1, 0.15) is 5.76 Å². The second-order valence-corrected chi connectivity index (χ2v) is 9.45. The summed E-state index contributed by atoms with van der Waals surface area (Å²) in [6.07, 6.45) is 5.87. The SMILES string of the molecule is CCCCc1cc(C[C@H]2CNCC[C@H]2CC(=O)N2CCN(Cc3ccccc3)CC2)no1. The van der Waals surface area contributed by atoms with Gasteiger partial charge in [-0.2, -0.15) is 0 Å². The molecule has 6 heteroatoms. The van der Waals surface area contributed by atoms with Crippen LogP contribution in [0.15, 0.2) is 40.9 Å². The number of unbranched alkanes of at least 4 members (excludes halogenated alkanes) is 1. The predicted molar refractivity (Wildman–Crippen MR) is 126 cm³/mol. The van der Waals surface area contributed by atoms with E-state index >= 15 is 0 Å². The van der Waals surface area contributed by atoms with E-state index in [1.165, 1.54) is 5.56 Å². The van der Waals surface area contributed by atoms with E-state index in [4.69, 9.17) is 4.52 Å². The van der Waals surface area contributed by atoms with Crippen molar-refractivity contribution in [3.05, 3.63) is 53.4 Å². The predicted octanol–water partition coefficient (Wildman–Crippen LogP) is 3.52. The third-order valence-electron chi connectivity index (χ3n) is 7.03. The summed E-state index contributed by atoms with van der Waals surface area (Å²) >= 11 is 0. The molecule has 0 aliphatic carbocycles. The van der Waals surface area contributed by atoms with Crippen molar-refractivity contribution in [1.29, 1.82) is 0 Å². The van der Waals surface area contributed by atoms with Crippen LogP contribution in [0.5, 0.6) is 0 Å². The molecule has 174 valence electrons. The summed E-state index contributed by atoms with van der Waals surface area (Å²) < 4.78 is 5.52. The number of hydrogen-bond donors (Lipinski definition) is 1. The Hall–Kier alpha value is -2.18. The zero-order chi connectivity index (χ0) is 22.2. The lowest BCUT2D eigenvalue weighted by Crippen LogP contribution is -2.49. The molecule has 2 atom stereocenters. The first kappa shape index (κ1) is 23.0. The zero-order valence-corrected chi connectivity index (χ0v) is 19.5. The van der Waals surface area contributed by atoms with Crippen LogP contribution in [0.3, 0.4) is 0 Å². The minimum absolute atomic E-state index is 0.324. The zero-order valence-electron chi connectivity index (χ0n) is 19.5. The van der Waals surface area contributed by atoms with Gasteiger partial charge < -0.3 is 14.7 Å². The number of piperidine rings is 1. The molecule has 2 fully saturated rings. The minimum Gasteiger partial charge on any atom is -0.361 e. The van der Waals surface area contributed by atoms with Gasteiger partial charge in [0.05, 0.1) is 5.69 Å². The highest BCUT2D eigenvalue weighted by molar-refractivity contribution is 5.76. The monoisotopic (exact) mass is 438 g/mol. The fraction of sp³-hybridized carbons (Fsp3) is 0.615. The first-order valence-corrected chi connectivity index (χ1v) is 12.4. The molecule has 0 spiro atoms. The molecule has 2 aliphatic heterocycles. The Morgan fingerprint density at radius 2 is 1.97 bits per heavy atom. The van der Waals surface area contributed by atoms with Gasteiger partial charge in [-0.05, 0) is 49.8 Å². The van der Waals surface area contributed by atoms with Gasteiger partial charge in [0.15, 0.2) is 0 Å². The van der Waals surface area contributed by atoms with E-state index in [1.54, 1.807) is 0 Å². The summed E-state index contributed by atoms with van der Waals surface area (Å²) in [5.74, 6) is 2.18. The van der Waals surface area contributed by atoms with Crippen molar-refractivity contribution in [2.75, 3.05) is 39.3 Å². The summed E-state index contributed by atoms with van der Waals surface area (Å²) in [5.41, 5.74) is 2.38. The van der Waals surface area contributed by atoms with Gasteiger partial charge in [-0.1, -0.05) is 48.8 Å². The van der Waals surface area contributed by atoms with Crippen molar-refractivity contribution in [3.8, 4) is 0 Å².